The SMILES string of the molecule is Cc1nc2scc(C)n2c1CNOCC(F)(F)F. The Bertz CT molecular complexity index is 546. The van der Waals surface area contributed by atoms with Crippen LogP contribution in [0, 0.1) is 13.8 Å². The predicted molar refractivity (Wildman–Crippen MR) is 61.4 cm³/mol. The molecule has 0 bridgehead atoms. The van der Waals surface area contributed by atoms with Crippen molar-refractivity contribution >= 4 is 16.3 Å². The second-order valence-corrected chi connectivity index (χ2v) is 4.70. The van der Waals surface area contributed by atoms with Crippen LogP contribution in [0.1, 0.15) is 17.1 Å². The Morgan fingerprint density at radius 1 is 1.44 bits per heavy atom. The zero-order valence-electron chi connectivity index (χ0n) is 9.84. The van der Waals surface area contributed by atoms with E-state index in [0.29, 0.717) is 0 Å². The van der Waals surface area contributed by atoms with Gasteiger partial charge in [0.2, 0.25) is 0 Å². The van der Waals surface area contributed by atoms with Gasteiger partial charge in [-0.05, 0) is 13.8 Å². The van der Waals surface area contributed by atoms with Gasteiger partial charge in [0, 0.05) is 11.1 Å². The molecule has 4 nitrogen and oxygen atoms in total. The van der Waals surface area contributed by atoms with Gasteiger partial charge in [0.15, 0.2) is 11.6 Å². The smallest absolute Gasteiger partial charge is 0.292 e. The highest BCUT2D eigenvalue weighted by Crippen LogP contribution is 2.20. The second kappa shape index (κ2) is 4.87. The number of alkyl halides is 3. The molecule has 2 rings (SSSR count). The minimum atomic E-state index is -4.33. The van der Waals surface area contributed by atoms with Crippen molar-refractivity contribution in [3.05, 3.63) is 22.5 Å². The number of nitrogens with one attached hydrogen (secondary N) is 1. The van der Waals surface area contributed by atoms with E-state index in [0.717, 1.165) is 22.0 Å². The summed E-state index contributed by atoms with van der Waals surface area (Å²) < 4.78 is 37.6. The normalized spacial score (nSPS) is 12.5. The molecule has 100 valence electrons. The largest absolute Gasteiger partial charge is 0.413 e. The molecule has 0 saturated heterocycles. The third-order valence-electron chi connectivity index (χ3n) is 2.41. The Hall–Kier alpha value is -1.12. The summed E-state index contributed by atoms with van der Waals surface area (Å²) in [5, 5.41) is 1.95. The van der Waals surface area contributed by atoms with Crippen molar-refractivity contribution in [2.75, 3.05) is 6.61 Å². The maximum Gasteiger partial charge on any atom is 0.413 e. The molecule has 2 heterocycles. The van der Waals surface area contributed by atoms with E-state index in [2.05, 4.69) is 15.3 Å². The standard InChI is InChI=1S/C10H12F3N3OS/c1-6-4-18-9-15-7(2)8(16(6)9)3-14-17-5-10(11,12)13/h4,14H,3,5H2,1-2H3. The molecule has 0 aromatic carbocycles. The highest BCUT2D eigenvalue weighted by Gasteiger charge is 2.27. The monoisotopic (exact) mass is 279 g/mol. The van der Waals surface area contributed by atoms with E-state index in [1.807, 2.05) is 23.6 Å². The highest BCUT2D eigenvalue weighted by atomic mass is 32.1. The first-order valence-corrected chi connectivity index (χ1v) is 6.10. The van der Waals surface area contributed by atoms with Crippen LogP contribution in [0.4, 0.5) is 13.2 Å². The fourth-order valence-corrected chi connectivity index (χ4v) is 2.56. The summed E-state index contributed by atoms with van der Waals surface area (Å²) in [7, 11) is 0. The molecule has 0 aliphatic carbocycles. The van der Waals surface area contributed by atoms with E-state index in [1.54, 1.807) is 0 Å². The molecular formula is C10H12F3N3OS. The van der Waals surface area contributed by atoms with E-state index in [1.165, 1.54) is 11.3 Å². The number of fused-ring (bicyclic) bond motifs is 1. The molecule has 0 fully saturated rings. The molecular weight excluding hydrogens is 267 g/mol. The summed E-state index contributed by atoms with van der Waals surface area (Å²) in [4.78, 5) is 9.54. The molecule has 0 amide bonds. The lowest BCUT2D eigenvalue weighted by Gasteiger charge is -2.08. The van der Waals surface area contributed by atoms with Crippen molar-refractivity contribution in [1.82, 2.24) is 14.9 Å². The zero-order valence-corrected chi connectivity index (χ0v) is 10.7. The van der Waals surface area contributed by atoms with Gasteiger partial charge in [-0.2, -0.15) is 18.7 Å². The quantitative estimate of drug-likeness (QED) is 0.690. The Morgan fingerprint density at radius 2 is 2.17 bits per heavy atom. The summed E-state index contributed by atoms with van der Waals surface area (Å²) >= 11 is 1.50. The van der Waals surface area contributed by atoms with Crippen LogP contribution in [0.25, 0.3) is 4.96 Å². The van der Waals surface area contributed by atoms with E-state index in [-0.39, 0.29) is 6.54 Å². The van der Waals surface area contributed by atoms with Gasteiger partial charge in [0.05, 0.1) is 17.9 Å². The summed E-state index contributed by atoms with van der Waals surface area (Å²) in [6, 6.07) is 0. The number of rotatable bonds is 4. The first kappa shape index (κ1) is 13.3. The number of halogens is 3. The number of hydroxylamine groups is 1. The molecule has 0 radical (unpaired) electrons. The molecule has 0 spiro atoms. The fraction of sp³-hybridized carbons (Fsp3) is 0.500. The topological polar surface area (TPSA) is 38.6 Å². The van der Waals surface area contributed by atoms with Crippen molar-refractivity contribution in [2.24, 2.45) is 0 Å². The van der Waals surface area contributed by atoms with Gasteiger partial charge in [0.25, 0.3) is 0 Å². The number of nitrogens with zero attached hydrogens (tertiary/aromatic N) is 2. The zero-order chi connectivity index (χ0) is 13.3. The summed E-state index contributed by atoms with van der Waals surface area (Å²) in [5.41, 5.74) is 4.92. The molecule has 0 aliphatic heterocycles. The molecule has 0 atom stereocenters. The van der Waals surface area contributed by atoms with Gasteiger partial charge in [-0.3, -0.25) is 9.24 Å². The van der Waals surface area contributed by atoms with Crippen LogP contribution < -0.4 is 5.48 Å². The van der Waals surface area contributed by atoms with Crippen molar-refractivity contribution in [3.63, 3.8) is 0 Å². The molecule has 1 N–H and O–H groups in total. The maximum atomic E-state index is 11.9. The maximum absolute atomic E-state index is 11.9. The Labute approximate surface area is 105 Å². The fourth-order valence-electron chi connectivity index (χ4n) is 1.63. The van der Waals surface area contributed by atoms with Gasteiger partial charge in [-0.25, -0.2) is 4.98 Å². The van der Waals surface area contributed by atoms with Crippen molar-refractivity contribution in [1.29, 1.82) is 0 Å². The van der Waals surface area contributed by atoms with Crippen LogP contribution in [0.2, 0.25) is 0 Å². The third-order valence-corrected chi connectivity index (χ3v) is 3.35. The molecule has 0 aliphatic rings. The highest BCUT2D eigenvalue weighted by molar-refractivity contribution is 7.15. The van der Waals surface area contributed by atoms with Crippen LogP contribution in [-0.2, 0) is 11.4 Å². The summed E-state index contributed by atoms with van der Waals surface area (Å²) in [6.45, 7) is 2.61. The lowest BCUT2D eigenvalue weighted by Crippen LogP contribution is -2.25. The van der Waals surface area contributed by atoms with Crippen molar-refractivity contribution in [3.8, 4) is 0 Å². The van der Waals surface area contributed by atoms with Crippen molar-refractivity contribution < 1.29 is 18.0 Å². The average Bonchev–Trinajstić information content (AvgIpc) is 2.74. The summed E-state index contributed by atoms with van der Waals surface area (Å²) in [5.74, 6) is 0. The van der Waals surface area contributed by atoms with Crippen LogP contribution in [-0.4, -0.2) is 22.2 Å². The predicted octanol–water partition coefficient (Wildman–Crippen LogP) is 2.60. The number of thiazole rings is 1. The minimum absolute atomic E-state index is 0.181. The first-order chi connectivity index (χ1) is 8.38. The Balaban J connectivity index is 2.03. The first-order valence-electron chi connectivity index (χ1n) is 5.22. The number of aryl methyl sites for hydroxylation is 2. The lowest BCUT2D eigenvalue weighted by atomic mass is 10.3. The number of hydrogen-bond donors (Lipinski definition) is 1. The Morgan fingerprint density at radius 3 is 2.83 bits per heavy atom. The number of aromatic nitrogens is 2. The van der Waals surface area contributed by atoms with E-state index in [9.17, 15) is 13.2 Å². The van der Waals surface area contributed by atoms with Gasteiger partial charge < -0.3 is 0 Å². The summed E-state index contributed by atoms with van der Waals surface area (Å²) in [6.07, 6.45) is -4.33. The molecule has 8 heteroatoms. The molecule has 18 heavy (non-hydrogen) atoms. The van der Waals surface area contributed by atoms with E-state index < -0.39 is 12.8 Å². The van der Waals surface area contributed by atoms with Crippen molar-refractivity contribution in [2.45, 2.75) is 26.6 Å². The van der Waals surface area contributed by atoms with Gasteiger partial charge in [-0.1, -0.05) is 0 Å². The number of hydrogen-bond acceptors (Lipinski definition) is 4. The minimum Gasteiger partial charge on any atom is -0.292 e. The van der Waals surface area contributed by atoms with Crippen LogP contribution >= 0.6 is 11.3 Å². The molecule has 0 saturated carbocycles. The van der Waals surface area contributed by atoms with Crippen LogP contribution in [0.15, 0.2) is 5.38 Å². The second-order valence-electron chi connectivity index (χ2n) is 3.86. The van der Waals surface area contributed by atoms with Gasteiger partial charge in [-0.15, -0.1) is 11.3 Å². The average molecular weight is 279 g/mol. The van der Waals surface area contributed by atoms with E-state index >= 15 is 0 Å². The molecule has 0 unspecified atom stereocenters. The van der Waals surface area contributed by atoms with Gasteiger partial charge >= 0.3 is 6.18 Å². The lowest BCUT2D eigenvalue weighted by molar-refractivity contribution is -0.190. The van der Waals surface area contributed by atoms with Crippen LogP contribution in [0.5, 0.6) is 0 Å². The third kappa shape index (κ3) is 2.82. The van der Waals surface area contributed by atoms with Crippen LogP contribution in [0.3, 0.4) is 0 Å². The number of imidazole rings is 1. The molecule has 2 aromatic heterocycles. The van der Waals surface area contributed by atoms with Gasteiger partial charge in [0.1, 0.15) is 0 Å². The Kier molecular flexibility index (Phi) is 3.60. The van der Waals surface area contributed by atoms with E-state index in [4.69, 9.17) is 0 Å². The molecule has 2 aromatic rings.